The molecule has 0 bridgehead atoms. The number of nitrogens with one attached hydrogen (secondary N) is 2. The fraction of sp³-hybridized carbons (Fsp3) is 0.391. The first-order chi connectivity index (χ1) is 15.2. The van der Waals surface area contributed by atoms with E-state index in [2.05, 4.69) is 10.0 Å². The molecule has 0 aliphatic carbocycles. The fourth-order valence-corrected chi connectivity index (χ4v) is 4.52. The molecule has 1 heterocycles. The van der Waals surface area contributed by atoms with Gasteiger partial charge in [0.1, 0.15) is 0 Å². The van der Waals surface area contributed by atoms with E-state index in [0.29, 0.717) is 35.8 Å². The second-order valence-corrected chi connectivity index (χ2v) is 9.55. The molecule has 0 saturated heterocycles. The van der Waals surface area contributed by atoms with Crippen molar-refractivity contribution in [2.75, 3.05) is 13.2 Å². The second-order valence-electron chi connectivity index (χ2n) is 7.84. The number of Topliss-reactive ketones (excluding diaryl/α,β-unsaturated/α-hetero) is 1. The van der Waals surface area contributed by atoms with Gasteiger partial charge in [0.25, 0.3) is 0 Å². The Bertz CT molecular complexity index is 1080. The topological polar surface area (TPSA) is 111 Å². The first-order valence-corrected chi connectivity index (χ1v) is 12.0. The van der Waals surface area contributed by atoms with E-state index in [9.17, 15) is 18.0 Å². The molecule has 1 amide bonds. The Morgan fingerprint density at radius 2 is 1.75 bits per heavy atom. The quantitative estimate of drug-likeness (QED) is 0.557. The number of amides is 1. The van der Waals surface area contributed by atoms with Crippen LogP contribution in [0.15, 0.2) is 47.4 Å². The molecule has 0 spiro atoms. The van der Waals surface area contributed by atoms with Gasteiger partial charge in [0.05, 0.1) is 18.1 Å². The van der Waals surface area contributed by atoms with Gasteiger partial charge in [-0.1, -0.05) is 12.1 Å². The zero-order valence-corrected chi connectivity index (χ0v) is 19.0. The normalized spacial score (nSPS) is 13.5. The third kappa shape index (κ3) is 6.54. The van der Waals surface area contributed by atoms with Gasteiger partial charge in [0, 0.05) is 37.4 Å². The maximum atomic E-state index is 12.5. The van der Waals surface area contributed by atoms with Crippen molar-refractivity contribution in [3.8, 4) is 11.5 Å². The maximum absolute atomic E-state index is 12.5. The standard InChI is InChI=1S/C23H28N2O6S/c1-16(2)25-32(28,29)19-6-3-5-17(13-19)15-24-23(27)10-8-20(26)18-7-9-21-22(14-18)31-12-4-11-30-21/h3,5-7,9,13-14,16,25H,4,8,10-12,15H2,1-2H3,(H,24,27). The molecule has 8 nitrogen and oxygen atoms in total. The van der Waals surface area contributed by atoms with Crippen molar-refractivity contribution in [1.82, 2.24) is 10.0 Å². The number of ether oxygens (including phenoxy) is 2. The van der Waals surface area contributed by atoms with Crippen LogP contribution >= 0.6 is 0 Å². The molecule has 0 unspecified atom stereocenters. The minimum Gasteiger partial charge on any atom is -0.490 e. The lowest BCUT2D eigenvalue weighted by atomic mass is 10.1. The lowest BCUT2D eigenvalue weighted by Gasteiger charge is -2.11. The molecule has 2 N–H and O–H groups in total. The highest BCUT2D eigenvalue weighted by molar-refractivity contribution is 7.89. The van der Waals surface area contributed by atoms with E-state index in [1.54, 1.807) is 44.2 Å². The van der Waals surface area contributed by atoms with Crippen LogP contribution in [0.2, 0.25) is 0 Å². The molecule has 0 atom stereocenters. The monoisotopic (exact) mass is 460 g/mol. The van der Waals surface area contributed by atoms with E-state index in [-0.39, 0.29) is 42.0 Å². The zero-order chi connectivity index (χ0) is 23.1. The Morgan fingerprint density at radius 1 is 1.00 bits per heavy atom. The second kappa shape index (κ2) is 10.6. The summed E-state index contributed by atoms with van der Waals surface area (Å²) in [5.41, 5.74) is 1.12. The molecule has 1 aliphatic rings. The number of sulfonamides is 1. The Morgan fingerprint density at radius 3 is 2.50 bits per heavy atom. The molecular formula is C23H28N2O6S. The van der Waals surface area contributed by atoms with Crippen molar-refractivity contribution < 1.29 is 27.5 Å². The first-order valence-electron chi connectivity index (χ1n) is 10.6. The van der Waals surface area contributed by atoms with Crippen LogP contribution in [0.4, 0.5) is 0 Å². The van der Waals surface area contributed by atoms with Crippen molar-refractivity contribution in [2.24, 2.45) is 0 Å². The van der Waals surface area contributed by atoms with Crippen LogP contribution < -0.4 is 19.5 Å². The van der Waals surface area contributed by atoms with Gasteiger partial charge in [0.15, 0.2) is 17.3 Å². The molecule has 3 rings (SSSR count). The van der Waals surface area contributed by atoms with Gasteiger partial charge in [-0.05, 0) is 49.7 Å². The SMILES string of the molecule is CC(C)NS(=O)(=O)c1cccc(CNC(=O)CCC(=O)c2ccc3c(c2)OCCCO3)c1. The summed E-state index contributed by atoms with van der Waals surface area (Å²) in [5.74, 6) is 0.703. The molecule has 2 aromatic rings. The van der Waals surface area contributed by atoms with Crippen LogP contribution in [0.5, 0.6) is 11.5 Å². The summed E-state index contributed by atoms with van der Waals surface area (Å²) in [4.78, 5) is 24.8. The number of fused-ring (bicyclic) bond motifs is 1. The first kappa shape index (κ1) is 23.7. The summed E-state index contributed by atoms with van der Waals surface area (Å²) in [7, 11) is -3.61. The van der Waals surface area contributed by atoms with Gasteiger partial charge in [-0.15, -0.1) is 0 Å². The summed E-state index contributed by atoms with van der Waals surface area (Å²) in [6.07, 6.45) is 0.861. The number of carbonyl (C=O) groups excluding carboxylic acids is 2. The smallest absolute Gasteiger partial charge is 0.240 e. The lowest BCUT2D eigenvalue weighted by Crippen LogP contribution is -2.30. The summed E-state index contributed by atoms with van der Waals surface area (Å²) >= 11 is 0. The van der Waals surface area contributed by atoms with Crippen molar-refractivity contribution >= 4 is 21.7 Å². The van der Waals surface area contributed by atoms with Crippen LogP contribution in [0.25, 0.3) is 0 Å². The van der Waals surface area contributed by atoms with E-state index >= 15 is 0 Å². The highest BCUT2D eigenvalue weighted by Crippen LogP contribution is 2.30. The van der Waals surface area contributed by atoms with Crippen molar-refractivity contribution in [3.05, 3.63) is 53.6 Å². The molecule has 1 aliphatic heterocycles. The van der Waals surface area contributed by atoms with E-state index in [1.165, 1.54) is 12.1 Å². The minimum atomic E-state index is -3.61. The third-order valence-electron chi connectivity index (χ3n) is 4.74. The summed E-state index contributed by atoms with van der Waals surface area (Å²) in [5, 5.41) is 2.73. The van der Waals surface area contributed by atoms with Crippen LogP contribution in [0, 0.1) is 0 Å². The van der Waals surface area contributed by atoms with Crippen molar-refractivity contribution in [3.63, 3.8) is 0 Å². The van der Waals surface area contributed by atoms with E-state index in [0.717, 1.165) is 6.42 Å². The summed E-state index contributed by atoms with van der Waals surface area (Å²) < 4.78 is 38.3. The summed E-state index contributed by atoms with van der Waals surface area (Å²) in [6.45, 7) is 4.76. The third-order valence-corrected chi connectivity index (χ3v) is 6.39. The Balaban J connectivity index is 1.52. The highest BCUT2D eigenvalue weighted by atomic mass is 32.2. The fourth-order valence-electron chi connectivity index (χ4n) is 3.20. The molecule has 0 saturated carbocycles. The van der Waals surface area contributed by atoms with Gasteiger partial charge in [-0.3, -0.25) is 9.59 Å². The minimum absolute atomic E-state index is 0.0279. The highest BCUT2D eigenvalue weighted by Gasteiger charge is 2.17. The average Bonchev–Trinajstić information content (AvgIpc) is 3.00. The lowest BCUT2D eigenvalue weighted by molar-refractivity contribution is -0.121. The van der Waals surface area contributed by atoms with Crippen LogP contribution in [0.3, 0.4) is 0 Å². The van der Waals surface area contributed by atoms with Gasteiger partial charge < -0.3 is 14.8 Å². The number of benzene rings is 2. The average molecular weight is 461 g/mol. The Labute approximate surface area is 188 Å². The van der Waals surface area contributed by atoms with Crippen LogP contribution in [-0.2, 0) is 21.4 Å². The van der Waals surface area contributed by atoms with Gasteiger partial charge in [-0.2, -0.15) is 0 Å². The predicted molar refractivity (Wildman–Crippen MR) is 119 cm³/mol. The van der Waals surface area contributed by atoms with Gasteiger partial charge in [-0.25, -0.2) is 13.1 Å². The molecule has 172 valence electrons. The van der Waals surface area contributed by atoms with E-state index < -0.39 is 10.0 Å². The van der Waals surface area contributed by atoms with E-state index in [4.69, 9.17) is 9.47 Å². The Kier molecular flexibility index (Phi) is 7.87. The Hall–Kier alpha value is -2.91. The molecule has 9 heteroatoms. The van der Waals surface area contributed by atoms with Gasteiger partial charge >= 0.3 is 0 Å². The number of rotatable bonds is 9. The van der Waals surface area contributed by atoms with E-state index in [1.807, 2.05) is 0 Å². The molecule has 2 aromatic carbocycles. The molecule has 32 heavy (non-hydrogen) atoms. The van der Waals surface area contributed by atoms with Crippen LogP contribution in [0.1, 0.15) is 49.0 Å². The number of hydrogen-bond acceptors (Lipinski definition) is 6. The van der Waals surface area contributed by atoms with Crippen molar-refractivity contribution in [2.45, 2.75) is 50.6 Å². The molecular weight excluding hydrogens is 432 g/mol. The van der Waals surface area contributed by atoms with Crippen molar-refractivity contribution in [1.29, 1.82) is 0 Å². The number of hydrogen-bond donors (Lipinski definition) is 2. The maximum Gasteiger partial charge on any atom is 0.240 e. The molecule has 0 aromatic heterocycles. The van der Waals surface area contributed by atoms with Crippen LogP contribution in [-0.4, -0.2) is 39.4 Å². The largest absolute Gasteiger partial charge is 0.490 e. The molecule has 0 fully saturated rings. The molecule has 0 radical (unpaired) electrons. The predicted octanol–water partition coefficient (Wildman–Crippen LogP) is 2.81. The zero-order valence-electron chi connectivity index (χ0n) is 18.2. The van der Waals surface area contributed by atoms with Gasteiger partial charge in [0.2, 0.25) is 15.9 Å². The number of carbonyl (C=O) groups is 2. The summed E-state index contributed by atoms with van der Waals surface area (Å²) in [6, 6.07) is 11.2. The number of ketones is 1.